The number of benzene rings is 1. The molecule has 20 heavy (non-hydrogen) atoms. The number of aromatic nitrogens is 2. The summed E-state index contributed by atoms with van der Waals surface area (Å²) in [7, 11) is 1.35. The fourth-order valence-electron chi connectivity index (χ4n) is 2.22. The molecule has 0 unspecified atom stereocenters. The number of carbonyl (C=O) groups is 1. The van der Waals surface area contributed by atoms with Gasteiger partial charge in [0.1, 0.15) is 5.82 Å². The van der Waals surface area contributed by atoms with Crippen molar-refractivity contribution < 1.29 is 19.1 Å². The summed E-state index contributed by atoms with van der Waals surface area (Å²) in [6, 6.07) is 3.73. The summed E-state index contributed by atoms with van der Waals surface area (Å²) in [6.45, 7) is 0. The largest absolute Gasteiger partial charge is 0.479 e. The Morgan fingerprint density at radius 3 is 2.80 bits per heavy atom. The predicted octanol–water partition coefficient (Wildman–Crippen LogP) is 1.67. The minimum absolute atomic E-state index is 0.0403. The third kappa shape index (κ3) is 1.56. The molecule has 1 aliphatic carbocycles. The first-order valence-electron chi connectivity index (χ1n) is 5.64. The van der Waals surface area contributed by atoms with Crippen LogP contribution in [0.4, 0.5) is 4.39 Å². The molecule has 0 bridgehead atoms. The van der Waals surface area contributed by atoms with Gasteiger partial charge in [0.25, 0.3) is 0 Å². The summed E-state index contributed by atoms with van der Waals surface area (Å²) in [6.07, 6.45) is 1.37. The molecule has 1 aliphatic rings. The van der Waals surface area contributed by atoms with Gasteiger partial charge in [-0.3, -0.25) is 4.79 Å². The summed E-state index contributed by atoms with van der Waals surface area (Å²) in [5.41, 5.74) is 1.03. The molecule has 0 amide bonds. The number of ketones is 1. The number of hydrogen-bond acceptors (Lipinski definition) is 6. The molecule has 100 valence electrons. The molecule has 0 fully saturated rings. The quantitative estimate of drug-likeness (QED) is 0.631. The predicted molar refractivity (Wildman–Crippen MR) is 66.6 cm³/mol. The third-order valence-corrected chi connectivity index (χ3v) is 3.08. The van der Waals surface area contributed by atoms with Gasteiger partial charge >= 0.3 is 0 Å². The zero-order valence-corrected chi connectivity index (χ0v) is 10.3. The number of hydrogen-bond donors (Lipinski definition) is 1. The van der Waals surface area contributed by atoms with Crippen LogP contribution in [-0.4, -0.2) is 34.0 Å². The van der Waals surface area contributed by atoms with E-state index in [4.69, 9.17) is 9.94 Å². The minimum atomic E-state index is -0.527. The fraction of sp³-hybridized carbons (Fsp3) is 0.0769. The van der Waals surface area contributed by atoms with Crippen LogP contribution in [0.3, 0.4) is 0 Å². The van der Waals surface area contributed by atoms with Gasteiger partial charge in [-0.2, -0.15) is 5.10 Å². The maximum atomic E-state index is 13.4. The van der Waals surface area contributed by atoms with E-state index in [0.717, 1.165) is 0 Å². The summed E-state index contributed by atoms with van der Waals surface area (Å²) >= 11 is 0. The second-order valence-corrected chi connectivity index (χ2v) is 4.11. The Balaban J connectivity index is 2.42. The number of oxime groups is 1. The Morgan fingerprint density at radius 2 is 2.10 bits per heavy atom. The van der Waals surface area contributed by atoms with Crippen molar-refractivity contribution in [3.05, 3.63) is 41.3 Å². The second-order valence-electron chi connectivity index (χ2n) is 4.11. The third-order valence-electron chi connectivity index (χ3n) is 3.08. The first-order valence-corrected chi connectivity index (χ1v) is 5.64. The normalized spacial score (nSPS) is 14.9. The molecule has 0 radical (unpaired) electrons. The smallest absolute Gasteiger partial charge is 0.243 e. The molecule has 3 rings (SSSR count). The van der Waals surface area contributed by atoms with Crippen molar-refractivity contribution in [2.75, 3.05) is 7.11 Å². The standard InChI is InChI=1S/C13H8FN3O3/c1-20-13-10-9(5-15-16-13)8-4-6(14)2-3-7(8)12(18)11(10)17-19/h2-5,19H,1H3. The van der Waals surface area contributed by atoms with Gasteiger partial charge in [0.15, 0.2) is 5.71 Å². The number of rotatable bonds is 1. The van der Waals surface area contributed by atoms with Crippen LogP contribution < -0.4 is 4.74 Å². The van der Waals surface area contributed by atoms with E-state index < -0.39 is 11.6 Å². The van der Waals surface area contributed by atoms with E-state index in [1.807, 2.05) is 0 Å². The highest BCUT2D eigenvalue weighted by Gasteiger charge is 2.33. The minimum Gasteiger partial charge on any atom is -0.479 e. The number of fused-ring (bicyclic) bond motifs is 3. The van der Waals surface area contributed by atoms with Gasteiger partial charge in [0.2, 0.25) is 11.7 Å². The SMILES string of the molecule is COc1nncc2c1C(=NO)C(=O)c1ccc(F)cc1-2. The van der Waals surface area contributed by atoms with Gasteiger partial charge in [-0.05, 0) is 23.8 Å². The number of methoxy groups -OCH3 is 1. The topological polar surface area (TPSA) is 84.7 Å². The Kier molecular flexibility index (Phi) is 2.67. The Labute approximate surface area is 112 Å². The van der Waals surface area contributed by atoms with Gasteiger partial charge in [-0.15, -0.1) is 5.10 Å². The highest BCUT2D eigenvalue weighted by atomic mass is 19.1. The van der Waals surface area contributed by atoms with Crippen LogP contribution in [0.1, 0.15) is 15.9 Å². The van der Waals surface area contributed by atoms with E-state index in [2.05, 4.69) is 15.4 Å². The monoisotopic (exact) mass is 273 g/mol. The molecule has 0 saturated heterocycles. The van der Waals surface area contributed by atoms with Crippen LogP contribution in [0, 0.1) is 5.82 Å². The maximum absolute atomic E-state index is 13.4. The molecule has 0 saturated carbocycles. The molecule has 1 N–H and O–H groups in total. The lowest BCUT2D eigenvalue weighted by Crippen LogP contribution is -2.24. The lowest BCUT2D eigenvalue weighted by molar-refractivity contribution is 0.106. The van der Waals surface area contributed by atoms with Crippen LogP contribution in [-0.2, 0) is 0 Å². The van der Waals surface area contributed by atoms with E-state index in [1.54, 1.807) is 0 Å². The van der Waals surface area contributed by atoms with Crippen molar-refractivity contribution in [3.8, 4) is 17.0 Å². The first-order chi connectivity index (χ1) is 9.67. The van der Waals surface area contributed by atoms with Crippen LogP contribution in [0.15, 0.2) is 29.6 Å². The Hall–Kier alpha value is -2.83. The van der Waals surface area contributed by atoms with Gasteiger partial charge in [0.05, 0.1) is 18.9 Å². The highest BCUT2D eigenvalue weighted by Crippen LogP contribution is 2.36. The lowest BCUT2D eigenvalue weighted by Gasteiger charge is -2.19. The van der Waals surface area contributed by atoms with Crippen LogP contribution in [0.25, 0.3) is 11.1 Å². The van der Waals surface area contributed by atoms with Crippen LogP contribution in [0.5, 0.6) is 5.88 Å². The lowest BCUT2D eigenvalue weighted by atomic mass is 9.85. The van der Waals surface area contributed by atoms with Gasteiger partial charge in [0, 0.05) is 11.1 Å². The zero-order chi connectivity index (χ0) is 14.3. The number of halogens is 1. The van der Waals surface area contributed by atoms with Gasteiger partial charge in [-0.25, -0.2) is 4.39 Å². The highest BCUT2D eigenvalue weighted by molar-refractivity contribution is 6.55. The number of carbonyl (C=O) groups excluding carboxylic acids is 1. The maximum Gasteiger partial charge on any atom is 0.243 e. The van der Waals surface area contributed by atoms with E-state index in [1.165, 1.54) is 31.5 Å². The van der Waals surface area contributed by atoms with E-state index in [-0.39, 0.29) is 22.7 Å². The van der Waals surface area contributed by atoms with Crippen molar-refractivity contribution in [1.29, 1.82) is 0 Å². The molecule has 0 atom stereocenters. The van der Waals surface area contributed by atoms with Crippen molar-refractivity contribution in [2.45, 2.75) is 0 Å². The van der Waals surface area contributed by atoms with Crippen LogP contribution in [0.2, 0.25) is 0 Å². The average Bonchev–Trinajstić information content (AvgIpc) is 2.47. The molecule has 6 nitrogen and oxygen atoms in total. The van der Waals surface area contributed by atoms with Crippen molar-refractivity contribution in [1.82, 2.24) is 10.2 Å². The molecule has 1 heterocycles. The number of nitrogens with zero attached hydrogens (tertiary/aromatic N) is 3. The molecule has 7 heteroatoms. The van der Waals surface area contributed by atoms with E-state index >= 15 is 0 Å². The van der Waals surface area contributed by atoms with Gasteiger partial charge < -0.3 is 9.94 Å². The molecule has 1 aromatic heterocycles. The number of Topliss-reactive ketones (excluding diaryl/α,β-unsaturated/α-hetero) is 1. The van der Waals surface area contributed by atoms with Crippen molar-refractivity contribution in [2.24, 2.45) is 5.16 Å². The van der Waals surface area contributed by atoms with Crippen LogP contribution >= 0.6 is 0 Å². The average molecular weight is 273 g/mol. The summed E-state index contributed by atoms with van der Waals surface area (Å²) in [5.74, 6) is -0.970. The summed E-state index contributed by atoms with van der Waals surface area (Å²) < 4.78 is 18.4. The first kappa shape index (κ1) is 12.2. The number of ether oxygens (including phenoxy) is 1. The second kappa shape index (κ2) is 4.37. The molecular weight excluding hydrogens is 265 g/mol. The van der Waals surface area contributed by atoms with Gasteiger partial charge in [-0.1, -0.05) is 5.16 Å². The van der Waals surface area contributed by atoms with Crippen molar-refractivity contribution >= 4 is 11.5 Å². The van der Waals surface area contributed by atoms with E-state index in [0.29, 0.717) is 11.1 Å². The zero-order valence-electron chi connectivity index (χ0n) is 10.3. The fourth-order valence-corrected chi connectivity index (χ4v) is 2.22. The summed E-state index contributed by atoms with van der Waals surface area (Å²) in [5, 5.41) is 19.6. The molecular formula is C13H8FN3O3. The van der Waals surface area contributed by atoms with Crippen molar-refractivity contribution in [3.63, 3.8) is 0 Å². The molecule has 0 aliphatic heterocycles. The molecule has 0 spiro atoms. The van der Waals surface area contributed by atoms with E-state index in [9.17, 15) is 9.18 Å². The Bertz CT molecular complexity index is 759. The summed E-state index contributed by atoms with van der Waals surface area (Å²) in [4.78, 5) is 12.3. The molecule has 2 aromatic rings. The Morgan fingerprint density at radius 1 is 1.30 bits per heavy atom. The molecule has 1 aromatic carbocycles.